The number of primary amides is 1. The second-order valence-corrected chi connectivity index (χ2v) is 5.24. The van der Waals surface area contributed by atoms with Crippen LogP contribution in [0.15, 0.2) is 48.1 Å². The second-order valence-electron chi connectivity index (χ2n) is 5.24. The van der Waals surface area contributed by atoms with Crippen molar-refractivity contribution in [3.63, 3.8) is 0 Å². The summed E-state index contributed by atoms with van der Waals surface area (Å²) < 4.78 is 0. The van der Waals surface area contributed by atoms with E-state index in [-0.39, 0.29) is 11.7 Å². The first-order valence-electron chi connectivity index (χ1n) is 6.79. The van der Waals surface area contributed by atoms with E-state index in [1.807, 2.05) is 56.3 Å². The van der Waals surface area contributed by atoms with Crippen molar-refractivity contribution >= 4 is 17.4 Å². The highest BCUT2D eigenvalue weighted by Crippen LogP contribution is 2.16. The average molecular weight is 286 g/mol. The number of carbonyl (C=O) groups excluding carboxylic acids is 2. The van der Waals surface area contributed by atoms with Crippen molar-refractivity contribution < 1.29 is 9.59 Å². The van der Waals surface area contributed by atoms with Gasteiger partial charge in [-0.2, -0.15) is 0 Å². The largest absolute Gasteiger partial charge is 0.378 e. The van der Waals surface area contributed by atoms with E-state index in [2.05, 4.69) is 0 Å². The summed E-state index contributed by atoms with van der Waals surface area (Å²) in [4.78, 5) is 25.0. The molecular weight excluding hydrogens is 264 g/mol. The van der Waals surface area contributed by atoms with Gasteiger partial charge in [-0.25, -0.2) is 0 Å². The Kier molecular flexibility index (Phi) is 5.91. The van der Waals surface area contributed by atoms with E-state index in [9.17, 15) is 9.59 Å². The third-order valence-electron chi connectivity index (χ3n) is 3.08. The molecule has 21 heavy (non-hydrogen) atoms. The van der Waals surface area contributed by atoms with Gasteiger partial charge in [0.25, 0.3) is 0 Å². The molecule has 1 unspecified atom stereocenters. The van der Waals surface area contributed by atoms with E-state index in [1.54, 1.807) is 13.0 Å². The zero-order valence-electron chi connectivity index (χ0n) is 13.0. The van der Waals surface area contributed by atoms with E-state index in [4.69, 9.17) is 5.73 Å². The molecular formula is C17H22N2O2. The first kappa shape index (κ1) is 16.7. The number of nitrogens with two attached hydrogens (primary N) is 1. The molecule has 112 valence electrons. The average Bonchev–Trinajstić information content (AvgIpc) is 2.44. The van der Waals surface area contributed by atoms with Gasteiger partial charge in [0, 0.05) is 25.3 Å². The number of nitrogens with zero attached hydrogens (tertiary/aromatic N) is 1. The minimum atomic E-state index is -0.487. The highest BCUT2D eigenvalue weighted by Gasteiger charge is 2.09. The van der Waals surface area contributed by atoms with Gasteiger partial charge in [-0.3, -0.25) is 9.59 Å². The molecule has 0 spiro atoms. The van der Waals surface area contributed by atoms with Crippen LogP contribution in [0.4, 0.5) is 5.69 Å². The van der Waals surface area contributed by atoms with Gasteiger partial charge in [0.05, 0.1) is 0 Å². The number of Topliss-reactive ketones (excluding diaryl/α,β-unsaturated/α-hetero) is 1. The molecule has 1 atom stereocenters. The van der Waals surface area contributed by atoms with Gasteiger partial charge < -0.3 is 10.6 Å². The Bertz CT molecular complexity index is 569. The lowest BCUT2D eigenvalue weighted by Crippen LogP contribution is -2.09. The molecule has 0 heterocycles. The summed E-state index contributed by atoms with van der Waals surface area (Å²) in [6.07, 6.45) is 4.81. The summed E-state index contributed by atoms with van der Waals surface area (Å²) in [7, 11) is 3.91. The predicted molar refractivity (Wildman–Crippen MR) is 86.4 cm³/mol. The number of ketones is 1. The van der Waals surface area contributed by atoms with Gasteiger partial charge >= 0.3 is 0 Å². The van der Waals surface area contributed by atoms with E-state index >= 15 is 0 Å². The predicted octanol–water partition coefficient (Wildman–Crippen LogP) is 2.56. The summed E-state index contributed by atoms with van der Waals surface area (Å²) in [5.74, 6) is -0.527. The minimum Gasteiger partial charge on any atom is -0.378 e. The molecule has 0 saturated heterocycles. The molecule has 0 fully saturated rings. The molecule has 2 N–H and O–H groups in total. The molecule has 4 nitrogen and oxygen atoms in total. The monoisotopic (exact) mass is 286 g/mol. The van der Waals surface area contributed by atoms with Crippen LogP contribution in [0, 0.1) is 5.92 Å². The number of amides is 1. The summed E-state index contributed by atoms with van der Waals surface area (Å²) in [5.41, 5.74) is 7.39. The zero-order chi connectivity index (χ0) is 16.0. The van der Waals surface area contributed by atoms with Crippen LogP contribution >= 0.6 is 0 Å². The van der Waals surface area contributed by atoms with Crippen LogP contribution < -0.4 is 10.6 Å². The molecule has 1 amide bonds. The highest BCUT2D eigenvalue weighted by molar-refractivity contribution is 6.08. The number of carbonyl (C=O) groups is 2. The summed E-state index contributed by atoms with van der Waals surface area (Å²) in [6, 6.07) is 7.46. The maximum absolute atomic E-state index is 12.3. The lowest BCUT2D eigenvalue weighted by molar-refractivity contribution is -0.113. The fraction of sp³-hybridized carbons (Fsp3) is 0.294. The Hall–Kier alpha value is -2.36. The quantitative estimate of drug-likeness (QED) is 0.645. The minimum absolute atomic E-state index is 0.0142. The van der Waals surface area contributed by atoms with Gasteiger partial charge in [0.1, 0.15) is 0 Å². The van der Waals surface area contributed by atoms with Gasteiger partial charge in [-0.1, -0.05) is 19.1 Å². The smallest absolute Gasteiger partial charge is 0.241 e. The third-order valence-corrected chi connectivity index (χ3v) is 3.08. The molecule has 4 heteroatoms. The van der Waals surface area contributed by atoms with Gasteiger partial charge in [-0.05, 0) is 48.8 Å². The van der Waals surface area contributed by atoms with E-state index < -0.39 is 5.91 Å². The third kappa shape index (κ3) is 5.26. The lowest BCUT2D eigenvalue weighted by Gasteiger charge is -2.12. The molecule has 1 aromatic carbocycles. The normalized spacial score (nSPS) is 13.2. The number of allylic oxidation sites excluding steroid dienone is 3. The number of hydrogen-bond donors (Lipinski definition) is 1. The van der Waals surface area contributed by atoms with Crippen LogP contribution in [0.3, 0.4) is 0 Å². The van der Waals surface area contributed by atoms with E-state index in [0.717, 1.165) is 5.69 Å². The first-order chi connectivity index (χ1) is 9.81. The van der Waals surface area contributed by atoms with Crippen molar-refractivity contribution in [3.8, 4) is 0 Å². The Balaban J connectivity index is 2.84. The van der Waals surface area contributed by atoms with Crippen LogP contribution in [-0.2, 0) is 4.79 Å². The first-order valence-corrected chi connectivity index (χ1v) is 6.79. The maximum Gasteiger partial charge on any atom is 0.241 e. The molecule has 0 aliphatic heterocycles. The summed E-state index contributed by atoms with van der Waals surface area (Å²) >= 11 is 0. The van der Waals surface area contributed by atoms with Crippen molar-refractivity contribution in [2.24, 2.45) is 11.7 Å². The number of benzene rings is 1. The molecule has 0 bridgehead atoms. The van der Waals surface area contributed by atoms with E-state index in [0.29, 0.717) is 11.1 Å². The highest BCUT2D eigenvalue weighted by atomic mass is 16.1. The summed E-state index contributed by atoms with van der Waals surface area (Å²) in [5, 5.41) is 0. The zero-order valence-corrected chi connectivity index (χ0v) is 13.0. The Morgan fingerprint density at radius 1 is 1.19 bits per heavy atom. The van der Waals surface area contributed by atoms with Gasteiger partial charge in [0.15, 0.2) is 5.78 Å². The van der Waals surface area contributed by atoms with Crippen LogP contribution in [-0.4, -0.2) is 25.8 Å². The van der Waals surface area contributed by atoms with Crippen molar-refractivity contribution in [2.45, 2.75) is 13.8 Å². The maximum atomic E-state index is 12.3. The van der Waals surface area contributed by atoms with Crippen LogP contribution in [0.5, 0.6) is 0 Å². The molecule has 0 aliphatic rings. The lowest BCUT2D eigenvalue weighted by atomic mass is 10.00. The standard InChI is InChI=1S/C17H22N2O2/c1-12(5-10-16(18)20)11-13(2)17(21)14-6-8-15(9-7-14)19(3)4/h5-12H,1-4H3,(H2,18,20). The van der Waals surface area contributed by atoms with Crippen LogP contribution in [0.2, 0.25) is 0 Å². The molecule has 1 rings (SSSR count). The SMILES string of the molecule is CC(=CC(C)C=CC(N)=O)C(=O)c1ccc(N(C)C)cc1. The molecule has 1 aromatic rings. The van der Waals surface area contributed by atoms with Crippen molar-refractivity contribution in [2.75, 3.05) is 19.0 Å². The van der Waals surface area contributed by atoms with Gasteiger partial charge in [-0.15, -0.1) is 0 Å². The molecule has 0 saturated carbocycles. The Labute approximate surface area is 125 Å². The number of hydrogen-bond acceptors (Lipinski definition) is 3. The topological polar surface area (TPSA) is 63.4 Å². The number of anilines is 1. The number of rotatable bonds is 6. The van der Waals surface area contributed by atoms with Crippen LogP contribution in [0.1, 0.15) is 24.2 Å². The Morgan fingerprint density at radius 2 is 1.76 bits per heavy atom. The van der Waals surface area contributed by atoms with Crippen LogP contribution in [0.25, 0.3) is 0 Å². The molecule has 0 radical (unpaired) electrons. The van der Waals surface area contributed by atoms with Crippen molar-refractivity contribution in [1.82, 2.24) is 0 Å². The molecule has 0 aliphatic carbocycles. The summed E-state index contributed by atoms with van der Waals surface area (Å²) in [6.45, 7) is 3.67. The van der Waals surface area contributed by atoms with Gasteiger partial charge in [0.2, 0.25) is 5.91 Å². The molecule has 0 aromatic heterocycles. The van der Waals surface area contributed by atoms with Crippen molar-refractivity contribution in [3.05, 3.63) is 53.6 Å². The Morgan fingerprint density at radius 3 is 2.24 bits per heavy atom. The van der Waals surface area contributed by atoms with Crippen molar-refractivity contribution in [1.29, 1.82) is 0 Å². The fourth-order valence-electron chi connectivity index (χ4n) is 1.91. The second kappa shape index (κ2) is 7.43. The van der Waals surface area contributed by atoms with E-state index in [1.165, 1.54) is 6.08 Å². The fourth-order valence-corrected chi connectivity index (χ4v) is 1.91.